The zero-order valence-electron chi connectivity index (χ0n) is 14.9. The maximum absolute atomic E-state index is 12.9. The monoisotopic (exact) mass is 434 g/mol. The number of carbonyl (C=O) groups is 1. The van der Waals surface area contributed by atoms with Crippen LogP contribution in [-0.4, -0.2) is 20.7 Å². The minimum atomic E-state index is -4.52. The first-order valence-corrected chi connectivity index (χ1v) is 10.1. The van der Waals surface area contributed by atoms with E-state index in [1.807, 2.05) is 22.9 Å². The number of nitrogens with one attached hydrogen (secondary N) is 1. The number of alkyl halides is 3. The standard InChI is InChI=1S/C19H13F3N4OS2/c1-11-8-16(24-17(27)12-4-2-5-13(9-12)19(20,21)22)26(25-11)18-23-14(10-29-18)15-6-3-7-28-15/h2-10H,1H3,(H,24,27). The van der Waals surface area contributed by atoms with E-state index < -0.39 is 17.6 Å². The highest BCUT2D eigenvalue weighted by molar-refractivity contribution is 7.15. The van der Waals surface area contributed by atoms with Gasteiger partial charge in [-0.25, -0.2) is 4.98 Å². The lowest BCUT2D eigenvalue weighted by atomic mass is 10.1. The van der Waals surface area contributed by atoms with Crippen molar-refractivity contribution in [2.75, 3.05) is 5.32 Å². The van der Waals surface area contributed by atoms with E-state index in [-0.39, 0.29) is 5.56 Å². The Labute approximate surface area is 171 Å². The molecule has 1 N–H and O–H groups in total. The van der Waals surface area contributed by atoms with E-state index in [2.05, 4.69) is 15.4 Å². The van der Waals surface area contributed by atoms with Crippen molar-refractivity contribution in [2.24, 2.45) is 0 Å². The molecule has 0 aliphatic rings. The van der Waals surface area contributed by atoms with Gasteiger partial charge < -0.3 is 5.32 Å². The predicted octanol–water partition coefficient (Wildman–Crippen LogP) is 5.64. The fraction of sp³-hybridized carbons (Fsp3) is 0.105. The second-order valence-electron chi connectivity index (χ2n) is 6.11. The summed E-state index contributed by atoms with van der Waals surface area (Å²) >= 11 is 2.91. The predicted molar refractivity (Wildman–Crippen MR) is 107 cm³/mol. The number of hydrogen-bond acceptors (Lipinski definition) is 5. The molecule has 0 aliphatic heterocycles. The summed E-state index contributed by atoms with van der Waals surface area (Å²) < 4.78 is 40.2. The number of halogens is 3. The van der Waals surface area contributed by atoms with Crippen molar-refractivity contribution >= 4 is 34.4 Å². The van der Waals surface area contributed by atoms with Gasteiger partial charge in [-0.15, -0.1) is 22.7 Å². The Bertz CT molecular complexity index is 1160. The molecule has 0 radical (unpaired) electrons. The lowest BCUT2D eigenvalue weighted by Crippen LogP contribution is -2.16. The van der Waals surface area contributed by atoms with Crippen LogP contribution < -0.4 is 5.32 Å². The Morgan fingerprint density at radius 2 is 1.97 bits per heavy atom. The molecule has 3 aromatic heterocycles. The normalized spacial score (nSPS) is 11.6. The molecular weight excluding hydrogens is 421 g/mol. The van der Waals surface area contributed by atoms with Crippen molar-refractivity contribution in [3.63, 3.8) is 0 Å². The molecule has 10 heteroatoms. The van der Waals surface area contributed by atoms with Gasteiger partial charge in [-0.3, -0.25) is 4.79 Å². The molecule has 1 amide bonds. The van der Waals surface area contributed by atoms with Crippen LogP contribution in [0.5, 0.6) is 0 Å². The Morgan fingerprint density at radius 1 is 1.14 bits per heavy atom. The van der Waals surface area contributed by atoms with Crippen molar-refractivity contribution in [3.05, 3.63) is 70.0 Å². The lowest BCUT2D eigenvalue weighted by molar-refractivity contribution is -0.137. The van der Waals surface area contributed by atoms with Gasteiger partial charge in [0.2, 0.25) is 5.13 Å². The first-order valence-electron chi connectivity index (χ1n) is 8.36. The van der Waals surface area contributed by atoms with Crippen molar-refractivity contribution in [1.82, 2.24) is 14.8 Å². The maximum atomic E-state index is 12.9. The third kappa shape index (κ3) is 4.08. The van der Waals surface area contributed by atoms with Crippen LogP contribution in [0.3, 0.4) is 0 Å². The molecule has 1 aromatic carbocycles. The molecular formula is C19H13F3N4OS2. The first-order chi connectivity index (χ1) is 13.8. The quantitative estimate of drug-likeness (QED) is 0.452. The SMILES string of the molecule is Cc1cc(NC(=O)c2cccc(C(F)(F)F)c2)n(-c2nc(-c3cccs3)cs2)n1. The van der Waals surface area contributed by atoms with Crippen LogP contribution in [-0.2, 0) is 6.18 Å². The summed E-state index contributed by atoms with van der Waals surface area (Å²) in [7, 11) is 0. The number of aromatic nitrogens is 3. The summed E-state index contributed by atoms with van der Waals surface area (Å²) in [5.41, 5.74) is 0.458. The average Bonchev–Trinajstić information content (AvgIpc) is 3.41. The van der Waals surface area contributed by atoms with E-state index in [1.54, 1.807) is 24.3 Å². The zero-order valence-corrected chi connectivity index (χ0v) is 16.5. The largest absolute Gasteiger partial charge is 0.416 e. The Morgan fingerprint density at radius 3 is 2.69 bits per heavy atom. The summed E-state index contributed by atoms with van der Waals surface area (Å²) in [6, 6.07) is 9.79. The highest BCUT2D eigenvalue weighted by Crippen LogP contribution is 2.31. The number of amides is 1. The van der Waals surface area contributed by atoms with Crippen molar-refractivity contribution in [1.29, 1.82) is 0 Å². The van der Waals surface area contributed by atoms with Crippen molar-refractivity contribution in [2.45, 2.75) is 13.1 Å². The van der Waals surface area contributed by atoms with E-state index >= 15 is 0 Å². The van der Waals surface area contributed by atoms with Crippen molar-refractivity contribution in [3.8, 4) is 15.7 Å². The summed E-state index contributed by atoms with van der Waals surface area (Å²) in [6.45, 7) is 1.75. The fourth-order valence-corrected chi connectivity index (χ4v) is 4.21. The molecule has 0 saturated heterocycles. The Hall–Kier alpha value is -2.98. The van der Waals surface area contributed by atoms with Crippen LogP contribution in [0.4, 0.5) is 19.0 Å². The number of hydrogen-bond donors (Lipinski definition) is 1. The van der Waals surface area contributed by atoms with Gasteiger partial charge in [-0.1, -0.05) is 12.1 Å². The molecule has 148 valence electrons. The number of thiazole rings is 1. The highest BCUT2D eigenvalue weighted by Gasteiger charge is 2.31. The molecule has 0 bridgehead atoms. The second kappa shape index (κ2) is 7.45. The fourth-order valence-electron chi connectivity index (χ4n) is 2.66. The van der Waals surface area contributed by atoms with E-state index in [0.29, 0.717) is 16.6 Å². The lowest BCUT2D eigenvalue weighted by Gasteiger charge is -2.09. The van der Waals surface area contributed by atoms with Crippen LogP contribution in [0.25, 0.3) is 15.7 Å². The van der Waals surface area contributed by atoms with Gasteiger partial charge in [0.1, 0.15) is 5.82 Å². The minimum Gasteiger partial charge on any atom is -0.306 e. The summed E-state index contributed by atoms with van der Waals surface area (Å²) in [5.74, 6) is -0.329. The molecule has 29 heavy (non-hydrogen) atoms. The Kier molecular flexibility index (Phi) is 4.97. The van der Waals surface area contributed by atoms with Crippen LogP contribution in [0.2, 0.25) is 0 Å². The number of nitrogens with zero attached hydrogens (tertiary/aromatic N) is 3. The van der Waals surface area contributed by atoms with Gasteiger partial charge in [0.15, 0.2) is 0 Å². The van der Waals surface area contributed by atoms with Crippen LogP contribution in [0.15, 0.2) is 53.2 Å². The van der Waals surface area contributed by atoms with Gasteiger partial charge in [0.25, 0.3) is 5.91 Å². The first kappa shape index (κ1) is 19.3. The van der Waals surface area contributed by atoms with Crippen LogP contribution in [0.1, 0.15) is 21.6 Å². The molecule has 0 aliphatic carbocycles. The van der Waals surface area contributed by atoms with Crippen LogP contribution >= 0.6 is 22.7 Å². The van der Waals surface area contributed by atoms with E-state index in [0.717, 1.165) is 22.7 Å². The number of rotatable bonds is 4. The third-order valence-electron chi connectivity index (χ3n) is 3.97. The smallest absolute Gasteiger partial charge is 0.306 e. The maximum Gasteiger partial charge on any atom is 0.416 e. The molecule has 0 unspecified atom stereocenters. The third-order valence-corrected chi connectivity index (χ3v) is 5.68. The van der Waals surface area contributed by atoms with Gasteiger partial charge >= 0.3 is 6.18 Å². The molecule has 4 aromatic rings. The van der Waals surface area contributed by atoms with Crippen molar-refractivity contribution < 1.29 is 18.0 Å². The molecule has 4 rings (SSSR count). The number of benzene rings is 1. The van der Waals surface area contributed by atoms with E-state index in [4.69, 9.17) is 0 Å². The van der Waals surface area contributed by atoms with Gasteiger partial charge in [-0.05, 0) is 36.6 Å². The summed E-state index contributed by atoms with van der Waals surface area (Å²) in [5, 5.41) is 11.4. The number of thiophene rings is 1. The van der Waals surface area contributed by atoms with Crippen LogP contribution in [0, 0.1) is 6.92 Å². The molecule has 0 atom stereocenters. The van der Waals surface area contributed by atoms with Gasteiger partial charge in [0, 0.05) is 17.0 Å². The second-order valence-corrected chi connectivity index (χ2v) is 7.89. The molecule has 5 nitrogen and oxygen atoms in total. The minimum absolute atomic E-state index is 0.0939. The average molecular weight is 434 g/mol. The number of carbonyl (C=O) groups excluding carboxylic acids is 1. The molecule has 3 heterocycles. The summed E-state index contributed by atoms with van der Waals surface area (Å²) in [4.78, 5) is 18.1. The Balaban J connectivity index is 1.62. The number of anilines is 1. The zero-order chi connectivity index (χ0) is 20.6. The topological polar surface area (TPSA) is 59.8 Å². The van der Waals surface area contributed by atoms with Gasteiger partial charge in [-0.2, -0.15) is 23.0 Å². The molecule has 0 spiro atoms. The van der Waals surface area contributed by atoms with E-state index in [9.17, 15) is 18.0 Å². The highest BCUT2D eigenvalue weighted by atomic mass is 32.1. The molecule has 0 saturated carbocycles. The molecule has 0 fully saturated rings. The van der Waals surface area contributed by atoms with E-state index in [1.165, 1.54) is 28.2 Å². The number of aryl methyl sites for hydroxylation is 1. The summed E-state index contributed by atoms with van der Waals surface area (Å²) in [6.07, 6.45) is -4.52. The van der Waals surface area contributed by atoms with Gasteiger partial charge in [0.05, 0.1) is 21.8 Å².